The first-order valence-electron chi connectivity index (χ1n) is 8.82. The summed E-state index contributed by atoms with van der Waals surface area (Å²) >= 11 is 0. The molecule has 0 radical (unpaired) electrons. The maximum Gasteiger partial charge on any atom is 0.251 e. The van der Waals surface area contributed by atoms with Gasteiger partial charge >= 0.3 is 0 Å². The summed E-state index contributed by atoms with van der Waals surface area (Å²) in [6.45, 7) is 3.68. The summed E-state index contributed by atoms with van der Waals surface area (Å²) in [6, 6.07) is 16.1. The van der Waals surface area contributed by atoms with Crippen molar-refractivity contribution in [1.29, 1.82) is 0 Å². The highest BCUT2D eigenvalue weighted by Gasteiger charge is 2.08. The SMILES string of the molecule is CN=C(NCCc1cccc(C(=O)NC)c1)N(C)Cc1ccccc1C.I. The second kappa shape index (κ2) is 11.6. The van der Waals surface area contributed by atoms with Gasteiger partial charge in [0.05, 0.1) is 0 Å². The Morgan fingerprint density at radius 2 is 1.89 bits per heavy atom. The highest BCUT2D eigenvalue weighted by Crippen LogP contribution is 2.10. The molecule has 0 unspecified atom stereocenters. The Labute approximate surface area is 179 Å². The molecule has 146 valence electrons. The summed E-state index contributed by atoms with van der Waals surface area (Å²) < 4.78 is 0. The van der Waals surface area contributed by atoms with E-state index in [4.69, 9.17) is 0 Å². The quantitative estimate of drug-likeness (QED) is 0.379. The van der Waals surface area contributed by atoms with Gasteiger partial charge in [-0.3, -0.25) is 9.79 Å². The standard InChI is InChI=1S/C21H28N4O.HI/c1-16-8-5-6-10-19(16)15-25(4)21(23-3)24-13-12-17-9-7-11-18(14-17)20(26)22-2;/h5-11,14H,12-13,15H2,1-4H3,(H,22,26)(H,23,24);1H. The van der Waals surface area contributed by atoms with Gasteiger partial charge in [0.25, 0.3) is 5.91 Å². The fourth-order valence-corrected chi connectivity index (χ4v) is 2.83. The average molecular weight is 480 g/mol. The number of benzene rings is 2. The highest BCUT2D eigenvalue weighted by molar-refractivity contribution is 14.0. The van der Waals surface area contributed by atoms with E-state index in [1.54, 1.807) is 14.1 Å². The number of carbonyl (C=O) groups is 1. The summed E-state index contributed by atoms with van der Waals surface area (Å²) in [7, 11) is 5.47. The van der Waals surface area contributed by atoms with Crippen LogP contribution < -0.4 is 10.6 Å². The van der Waals surface area contributed by atoms with E-state index in [1.165, 1.54) is 11.1 Å². The number of carbonyl (C=O) groups excluding carboxylic acids is 1. The normalized spacial score (nSPS) is 10.7. The largest absolute Gasteiger partial charge is 0.356 e. The van der Waals surface area contributed by atoms with Crippen LogP contribution >= 0.6 is 24.0 Å². The average Bonchev–Trinajstić information content (AvgIpc) is 2.66. The van der Waals surface area contributed by atoms with E-state index in [0.29, 0.717) is 5.56 Å². The Hall–Kier alpha value is -2.09. The molecule has 2 aromatic rings. The Balaban J connectivity index is 0.00000364. The lowest BCUT2D eigenvalue weighted by Crippen LogP contribution is -2.39. The smallest absolute Gasteiger partial charge is 0.251 e. The van der Waals surface area contributed by atoms with Crippen molar-refractivity contribution < 1.29 is 4.79 Å². The molecule has 0 aliphatic carbocycles. The van der Waals surface area contributed by atoms with E-state index < -0.39 is 0 Å². The number of nitrogens with one attached hydrogen (secondary N) is 2. The first-order valence-corrected chi connectivity index (χ1v) is 8.82. The van der Waals surface area contributed by atoms with Crippen LogP contribution in [0.5, 0.6) is 0 Å². The van der Waals surface area contributed by atoms with Crippen LogP contribution in [0.25, 0.3) is 0 Å². The summed E-state index contributed by atoms with van der Waals surface area (Å²) in [5.74, 6) is 0.796. The predicted octanol–water partition coefficient (Wildman–Crippen LogP) is 3.22. The zero-order valence-electron chi connectivity index (χ0n) is 16.5. The molecule has 5 nitrogen and oxygen atoms in total. The van der Waals surface area contributed by atoms with Crippen molar-refractivity contribution in [3.8, 4) is 0 Å². The number of halogens is 1. The molecule has 0 heterocycles. The second-order valence-corrected chi connectivity index (χ2v) is 6.29. The Morgan fingerprint density at radius 1 is 1.15 bits per heavy atom. The predicted molar refractivity (Wildman–Crippen MR) is 123 cm³/mol. The van der Waals surface area contributed by atoms with Gasteiger partial charge in [-0.2, -0.15) is 0 Å². The van der Waals surface area contributed by atoms with E-state index in [1.807, 2.05) is 31.3 Å². The number of rotatable bonds is 6. The van der Waals surface area contributed by atoms with Gasteiger partial charge in [-0.1, -0.05) is 36.4 Å². The third-order valence-corrected chi connectivity index (χ3v) is 4.36. The topological polar surface area (TPSA) is 56.7 Å². The minimum absolute atomic E-state index is 0. The number of guanidine groups is 1. The Morgan fingerprint density at radius 3 is 2.56 bits per heavy atom. The lowest BCUT2D eigenvalue weighted by Gasteiger charge is -2.23. The van der Waals surface area contributed by atoms with Gasteiger partial charge in [-0.25, -0.2) is 0 Å². The fraction of sp³-hybridized carbons (Fsp3) is 0.333. The van der Waals surface area contributed by atoms with Crippen molar-refractivity contribution in [1.82, 2.24) is 15.5 Å². The molecule has 1 amide bonds. The second-order valence-electron chi connectivity index (χ2n) is 6.29. The van der Waals surface area contributed by atoms with Crippen LogP contribution in [-0.4, -0.2) is 44.5 Å². The van der Waals surface area contributed by atoms with Crippen LogP contribution in [0.3, 0.4) is 0 Å². The van der Waals surface area contributed by atoms with Crippen LogP contribution in [0.4, 0.5) is 0 Å². The van der Waals surface area contributed by atoms with Gasteiger partial charge in [0.1, 0.15) is 0 Å². The van der Waals surface area contributed by atoms with Gasteiger partial charge in [0.2, 0.25) is 0 Å². The van der Waals surface area contributed by atoms with Crippen molar-refractivity contribution in [2.24, 2.45) is 4.99 Å². The van der Waals surface area contributed by atoms with E-state index in [-0.39, 0.29) is 29.9 Å². The van der Waals surface area contributed by atoms with Gasteiger partial charge in [0, 0.05) is 39.8 Å². The number of hydrogen-bond acceptors (Lipinski definition) is 2. The van der Waals surface area contributed by atoms with Crippen molar-refractivity contribution in [2.45, 2.75) is 19.9 Å². The monoisotopic (exact) mass is 480 g/mol. The van der Waals surface area contributed by atoms with Crippen molar-refractivity contribution in [3.05, 3.63) is 70.8 Å². The van der Waals surface area contributed by atoms with Crippen molar-refractivity contribution in [2.75, 3.05) is 27.7 Å². The molecule has 2 N–H and O–H groups in total. The van der Waals surface area contributed by atoms with Crippen LogP contribution in [0.2, 0.25) is 0 Å². The molecule has 6 heteroatoms. The summed E-state index contributed by atoms with van der Waals surface area (Å²) in [5, 5.41) is 6.05. The number of amides is 1. The van der Waals surface area contributed by atoms with Gasteiger partial charge in [-0.15, -0.1) is 24.0 Å². The Bertz CT molecular complexity index is 776. The summed E-state index contributed by atoms with van der Waals surface area (Å²) in [6.07, 6.45) is 0.821. The van der Waals surface area contributed by atoms with Crippen molar-refractivity contribution >= 4 is 35.8 Å². The zero-order chi connectivity index (χ0) is 18.9. The Kier molecular flexibility index (Phi) is 9.85. The molecule has 0 atom stereocenters. The molecule has 0 saturated heterocycles. The summed E-state index contributed by atoms with van der Waals surface area (Å²) in [5.41, 5.74) is 4.37. The van der Waals surface area contributed by atoms with Gasteiger partial charge in [0.15, 0.2) is 5.96 Å². The van der Waals surface area contributed by atoms with Crippen LogP contribution in [0, 0.1) is 6.92 Å². The molecule has 0 aliphatic heterocycles. The van der Waals surface area contributed by atoms with Crippen LogP contribution in [-0.2, 0) is 13.0 Å². The number of hydrogen-bond donors (Lipinski definition) is 2. The minimum atomic E-state index is -0.0615. The van der Waals surface area contributed by atoms with Gasteiger partial charge in [-0.05, 0) is 42.2 Å². The maximum absolute atomic E-state index is 11.7. The van der Waals surface area contributed by atoms with Crippen LogP contribution in [0.1, 0.15) is 27.0 Å². The molecule has 2 rings (SSSR count). The maximum atomic E-state index is 11.7. The number of aryl methyl sites for hydroxylation is 1. The molecular weight excluding hydrogens is 451 g/mol. The van der Waals surface area contributed by atoms with Crippen LogP contribution in [0.15, 0.2) is 53.5 Å². The molecule has 0 aromatic heterocycles. The van der Waals surface area contributed by atoms with Gasteiger partial charge < -0.3 is 15.5 Å². The molecule has 0 bridgehead atoms. The first-order chi connectivity index (χ1) is 12.5. The molecule has 0 spiro atoms. The lowest BCUT2D eigenvalue weighted by atomic mass is 10.1. The van der Waals surface area contributed by atoms with E-state index in [0.717, 1.165) is 31.0 Å². The fourth-order valence-electron chi connectivity index (χ4n) is 2.83. The van der Waals surface area contributed by atoms with E-state index in [2.05, 4.69) is 51.7 Å². The molecule has 2 aromatic carbocycles. The molecule has 0 saturated carbocycles. The third kappa shape index (κ3) is 6.86. The van der Waals surface area contributed by atoms with E-state index >= 15 is 0 Å². The first kappa shape index (κ1) is 23.0. The minimum Gasteiger partial charge on any atom is -0.356 e. The summed E-state index contributed by atoms with van der Waals surface area (Å²) in [4.78, 5) is 18.2. The zero-order valence-corrected chi connectivity index (χ0v) is 18.8. The molecule has 27 heavy (non-hydrogen) atoms. The highest BCUT2D eigenvalue weighted by atomic mass is 127. The molecule has 0 aliphatic rings. The lowest BCUT2D eigenvalue weighted by molar-refractivity contribution is 0.0963. The molecule has 0 fully saturated rings. The number of aliphatic imine (C=N–C) groups is 1. The van der Waals surface area contributed by atoms with E-state index in [9.17, 15) is 4.79 Å². The van der Waals surface area contributed by atoms with Crippen molar-refractivity contribution in [3.63, 3.8) is 0 Å². The molecular formula is C21H29IN4O. The third-order valence-electron chi connectivity index (χ3n) is 4.36. The number of nitrogens with zero attached hydrogens (tertiary/aromatic N) is 2.